The van der Waals surface area contributed by atoms with Crippen LogP contribution in [0.1, 0.15) is 40.5 Å². The molecule has 0 aliphatic rings. The van der Waals surface area contributed by atoms with Crippen LogP contribution >= 0.6 is 0 Å². The molecule has 7 heteroatoms. The Bertz CT molecular complexity index is 519. The van der Waals surface area contributed by atoms with Crippen LogP contribution in [-0.4, -0.2) is 52.9 Å². The number of hydrogen-bond acceptors (Lipinski definition) is 7. The maximum atomic E-state index is 11.0. The zero-order valence-electron chi connectivity index (χ0n) is 18.5. The fourth-order valence-electron chi connectivity index (χ4n) is 1.54. The predicted octanol–water partition coefficient (Wildman–Crippen LogP) is 3.49. The van der Waals surface area contributed by atoms with Crippen molar-refractivity contribution in [2.45, 2.75) is 40.5 Å². The van der Waals surface area contributed by atoms with Gasteiger partial charge in [-0.15, -0.1) is 0 Å². The van der Waals surface area contributed by atoms with Crippen molar-refractivity contribution in [3.8, 4) is 5.75 Å². The van der Waals surface area contributed by atoms with Gasteiger partial charge in [0.05, 0.1) is 32.9 Å². The molecular formula is C21H38N2O5. The van der Waals surface area contributed by atoms with E-state index in [0.29, 0.717) is 25.5 Å². The number of benzene rings is 1. The van der Waals surface area contributed by atoms with Gasteiger partial charge in [-0.2, -0.15) is 0 Å². The highest BCUT2D eigenvalue weighted by atomic mass is 16.5. The molecule has 0 spiro atoms. The summed E-state index contributed by atoms with van der Waals surface area (Å²) >= 11 is 0. The third kappa shape index (κ3) is 18.5. The molecule has 0 aromatic heterocycles. The maximum absolute atomic E-state index is 11.0. The lowest BCUT2D eigenvalue weighted by atomic mass is 10.1. The maximum Gasteiger partial charge on any atom is 0.307 e. The summed E-state index contributed by atoms with van der Waals surface area (Å²) in [6, 6.07) is 7.76. The van der Waals surface area contributed by atoms with Gasteiger partial charge in [0, 0.05) is 13.5 Å². The second-order valence-corrected chi connectivity index (χ2v) is 6.18. The number of carbonyl (C=O) groups is 2. The molecule has 1 aromatic rings. The smallest absolute Gasteiger partial charge is 0.307 e. The van der Waals surface area contributed by atoms with Crippen LogP contribution in [0, 0.1) is 5.92 Å². The SMILES string of the molecule is CCNC.COC(=O)CCNc1ccccc1OCCC(C)C.COC(C)=O. The van der Waals surface area contributed by atoms with Gasteiger partial charge < -0.3 is 24.8 Å². The van der Waals surface area contributed by atoms with E-state index in [1.165, 1.54) is 21.1 Å². The van der Waals surface area contributed by atoms with Crippen molar-refractivity contribution in [1.29, 1.82) is 0 Å². The molecule has 0 radical (unpaired) electrons. The largest absolute Gasteiger partial charge is 0.491 e. The first-order chi connectivity index (χ1) is 13.3. The summed E-state index contributed by atoms with van der Waals surface area (Å²) in [4.78, 5) is 20.6. The molecule has 0 saturated carbocycles. The minimum atomic E-state index is -0.245. The van der Waals surface area contributed by atoms with Gasteiger partial charge in [-0.3, -0.25) is 9.59 Å². The highest BCUT2D eigenvalue weighted by molar-refractivity contribution is 5.70. The van der Waals surface area contributed by atoms with Crippen molar-refractivity contribution in [2.24, 2.45) is 5.92 Å². The number of methoxy groups -OCH3 is 2. The zero-order valence-corrected chi connectivity index (χ0v) is 18.5. The van der Waals surface area contributed by atoms with Gasteiger partial charge in [0.15, 0.2) is 0 Å². The van der Waals surface area contributed by atoms with Gasteiger partial charge in [0.25, 0.3) is 0 Å². The number of carbonyl (C=O) groups excluding carboxylic acids is 2. The van der Waals surface area contributed by atoms with E-state index < -0.39 is 0 Å². The summed E-state index contributed by atoms with van der Waals surface area (Å²) in [6.07, 6.45) is 1.37. The third-order valence-electron chi connectivity index (χ3n) is 3.35. The first-order valence-electron chi connectivity index (χ1n) is 9.53. The normalized spacial score (nSPS) is 9.29. The second-order valence-electron chi connectivity index (χ2n) is 6.18. The molecule has 0 saturated heterocycles. The predicted molar refractivity (Wildman–Crippen MR) is 114 cm³/mol. The van der Waals surface area contributed by atoms with Gasteiger partial charge >= 0.3 is 11.9 Å². The average molecular weight is 399 g/mol. The van der Waals surface area contributed by atoms with Crippen LogP contribution in [0.15, 0.2) is 24.3 Å². The fourth-order valence-corrected chi connectivity index (χ4v) is 1.54. The Morgan fingerprint density at radius 3 is 2.14 bits per heavy atom. The van der Waals surface area contributed by atoms with Gasteiger partial charge in [-0.25, -0.2) is 0 Å². The minimum absolute atomic E-state index is 0.217. The lowest BCUT2D eigenvalue weighted by Crippen LogP contribution is -2.11. The Labute approximate surface area is 170 Å². The number of anilines is 1. The molecule has 0 aliphatic heterocycles. The lowest BCUT2D eigenvalue weighted by Gasteiger charge is -2.13. The van der Waals surface area contributed by atoms with Crippen molar-refractivity contribution >= 4 is 17.6 Å². The first-order valence-corrected chi connectivity index (χ1v) is 9.53. The van der Waals surface area contributed by atoms with Crippen molar-refractivity contribution < 1.29 is 23.8 Å². The first kappa shape index (κ1) is 27.9. The van der Waals surface area contributed by atoms with Gasteiger partial charge in [-0.05, 0) is 38.1 Å². The molecule has 28 heavy (non-hydrogen) atoms. The quantitative estimate of drug-likeness (QED) is 0.616. The summed E-state index contributed by atoms with van der Waals surface area (Å²) in [6.45, 7) is 10.1. The lowest BCUT2D eigenvalue weighted by molar-refractivity contribution is -0.140. The average Bonchev–Trinajstić information content (AvgIpc) is 2.69. The summed E-state index contributed by atoms with van der Waals surface area (Å²) in [5, 5.41) is 6.12. The molecule has 7 nitrogen and oxygen atoms in total. The van der Waals surface area contributed by atoms with Crippen molar-refractivity contribution in [3.63, 3.8) is 0 Å². The Hall–Kier alpha value is -2.28. The van der Waals surface area contributed by atoms with E-state index in [0.717, 1.165) is 24.4 Å². The van der Waals surface area contributed by atoms with E-state index in [1.807, 2.05) is 31.3 Å². The topological polar surface area (TPSA) is 85.9 Å². The second kappa shape index (κ2) is 19.5. The van der Waals surface area contributed by atoms with Gasteiger partial charge in [0.1, 0.15) is 5.75 Å². The summed E-state index contributed by atoms with van der Waals surface area (Å²) < 4.78 is 14.5. The Morgan fingerprint density at radius 1 is 1.11 bits per heavy atom. The van der Waals surface area contributed by atoms with Crippen LogP contribution in [0.25, 0.3) is 0 Å². The molecule has 162 valence electrons. The van der Waals surface area contributed by atoms with Crippen molar-refractivity contribution in [1.82, 2.24) is 5.32 Å². The molecule has 0 unspecified atom stereocenters. The molecule has 0 heterocycles. The van der Waals surface area contributed by atoms with E-state index in [4.69, 9.17) is 4.74 Å². The molecule has 0 atom stereocenters. The Morgan fingerprint density at radius 2 is 1.68 bits per heavy atom. The molecule has 0 aliphatic carbocycles. The van der Waals surface area contributed by atoms with E-state index in [9.17, 15) is 9.59 Å². The van der Waals surface area contributed by atoms with E-state index in [2.05, 4.69) is 40.9 Å². The molecule has 1 rings (SSSR count). The molecule has 0 fully saturated rings. The number of hydrogen-bond donors (Lipinski definition) is 2. The molecule has 1 aromatic carbocycles. The summed E-state index contributed by atoms with van der Waals surface area (Å²) in [5.41, 5.74) is 0.912. The van der Waals surface area contributed by atoms with Crippen LogP contribution in [0.4, 0.5) is 5.69 Å². The number of esters is 2. The van der Waals surface area contributed by atoms with E-state index in [1.54, 1.807) is 0 Å². The zero-order chi connectivity index (χ0) is 21.8. The highest BCUT2D eigenvalue weighted by Crippen LogP contribution is 2.24. The highest BCUT2D eigenvalue weighted by Gasteiger charge is 2.05. The molecule has 0 amide bonds. The van der Waals surface area contributed by atoms with Gasteiger partial charge in [-0.1, -0.05) is 32.9 Å². The Kier molecular flexibility index (Phi) is 19.4. The monoisotopic (exact) mass is 398 g/mol. The van der Waals surface area contributed by atoms with E-state index >= 15 is 0 Å². The van der Waals surface area contributed by atoms with Crippen LogP contribution in [0.2, 0.25) is 0 Å². The standard InChI is InChI=1S/C15H23NO3.C3H9N.C3H6O2/c1-12(2)9-11-19-14-7-5-4-6-13(14)16-10-8-15(17)18-3;1-3-4-2;1-3(4)5-2/h4-7,12,16H,8-11H2,1-3H3;4H,3H2,1-2H3;1-2H3. The van der Waals surface area contributed by atoms with Crippen LogP contribution < -0.4 is 15.4 Å². The minimum Gasteiger partial charge on any atom is -0.491 e. The molecule has 0 bridgehead atoms. The summed E-state index contributed by atoms with van der Waals surface area (Å²) in [5.74, 6) is 0.989. The van der Waals surface area contributed by atoms with E-state index in [-0.39, 0.29) is 11.9 Å². The van der Waals surface area contributed by atoms with Crippen molar-refractivity contribution in [3.05, 3.63) is 24.3 Å². The summed E-state index contributed by atoms with van der Waals surface area (Å²) in [7, 11) is 4.67. The Balaban J connectivity index is 0. The van der Waals surface area contributed by atoms with Crippen LogP contribution in [-0.2, 0) is 19.1 Å². The van der Waals surface area contributed by atoms with Crippen LogP contribution in [0.3, 0.4) is 0 Å². The third-order valence-corrected chi connectivity index (χ3v) is 3.35. The number of rotatable bonds is 9. The number of para-hydroxylation sites is 2. The molecular weight excluding hydrogens is 360 g/mol. The number of nitrogens with one attached hydrogen (secondary N) is 2. The van der Waals surface area contributed by atoms with Gasteiger partial charge in [0.2, 0.25) is 0 Å². The van der Waals surface area contributed by atoms with Crippen LogP contribution in [0.5, 0.6) is 5.75 Å². The van der Waals surface area contributed by atoms with Crippen molar-refractivity contribution in [2.75, 3.05) is 46.3 Å². The fraction of sp³-hybridized carbons (Fsp3) is 0.619. The molecule has 2 N–H and O–H groups in total. The number of ether oxygens (including phenoxy) is 3.